The Hall–Kier alpha value is -3.35. The first-order valence-corrected chi connectivity index (χ1v) is 11.9. The van der Waals surface area contributed by atoms with Crippen LogP contribution in [0.5, 0.6) is 0 Å². The number of hydrogen-bond donors (Lipinski definition) is 3. The van der Waals surface area contributed by atoms with E-state index in [0.29, 0.717) is 13.0 Å². The van der Waals surface area contributed by atoms with Gasteiger partial charge in [0.2, 0.25) is 5.91 Å². The average Bonchev–Trinajstić information content (AvgIpc) is 3.63. The molecule has 2 unspecified atom stereocenters. The van der Waals surface area contributed by atoms with Crippen LogP contribution in [0, 0.1) is 11.8 Å². The minimum absolute atomic E-state index is 0.0259. The first-order valence-electron chi connectivity index (χ1n) is 11.9. The molecule has 4 rings (SSSR count). The van der Waals surface area contributed by atoms with E-state index in [1.807, 2.05) is 31.2 Å². The number of carboxylic acids is 1. The molecule has 2 aliphatic carbocycles. The SMILES string of the molecule is CC(CCC(=O)O)CNC(=O)C(C)(NC(=O)OCC1c2ccccc2-c2ccccc21)C1CC1. The zero-order valence-corrected chi connectivity index (χ0v) is 19.7. The number of amides is 2. The Morgan fingerprint density at radius 2 is 1.65 bits per heavy atom. The molecule has 0 spiro atoms. The van der Waals surface area contributed by atoms with Gasteiger partial charge in [0.25, 0.3) is 0 Å². The number of fused-ring (bicyclic) bond motifs is 3. The average molecular weight is 465 g/mol. The monoisotopic (exact) mass is 464 g/mol. The number of aliphatic carboxylic acids is 1. The fraction of sp³-hybridized carbons (Fsp3) is 0.444. The molecule has 2 amide bonds. The van der Waals surface area contributed by atoms with E-state index in [4.69, 9.17) is 9.84 Å². The smallest absolute Gasteiger partial charge is 0.408 e. The molecule has 0 saturated heterocycles. The normalized spacial score (nSPS) is 17.1. The van der Waals surface area contributed by atoms with Crippen LogP contribution in [0.2, 0.25) is 0 Å². The van der Waals surface area contributed by atoms with E-state index < -0.39 is 17.6 Å². The van der Waals surface area contributed by atoms with Gasteiger partial charge in [0, 0.05) is 18.9 Å². The number of carbonyl (C=O) groups excluding carboxylic acids is 2. The van der Waals surface area contributed by atoms with Crippen LogP contribution in [0.4, 0.5) is 4.79 Å². The van der Waals surface area contributed by atoms with Gasteiger partial charge in [-0.05, 0) is 60.3 Å². The molecule has 0 heterocycles. The van der Waals surface area contributed by atoms with Gasteiger partial charge in [0.1, 0.15) is 12.1 Å². The number of carboxylic acid groups (broad SMARTS) is 1. The molecule has 0 bridgehead atoms. The van der Waals surface area contributed by atoms with E-state index in [-0.39, 0.29) is 36.7 Å². The third-order valence-corrected chi connectivity index (χ3v) is 7.03. The molecule has 2 atom stereocenters. The molecule has 180 valence electrons. The lowest BCUT2D eigenvalue weighted by atomic mass is 9.94. The molecule has 0 aromatic heterocycles. The summed E-state index contributed by atoms with van der Waals surface area (Å²) in [6.07, 6.45) is 1.67. The lowest BCUT2D eigenvalue weighted by Gasteiger charge is -2.30. The minimum Gasteiger partial charge on any atom is -0.481 e. The fourth-order valence-electron chi connectivity index (χ4n) is 4.77. The van der Waals surface area contributed by atoms with Crippen LogP contribution in [0.1, 0.15) is 56.6 Å². The van der Waals surface area contributed by atoms with Crippen LogP contribution in [-0.2, 0) is 14.3 Å². The van der Waals surface area contributed by atoms with E-state index in [2.05, 4.69) is 34.9 Å². The largest absolute Gasteiger partial charge is 0.481 e. The lowest BCUT2D eigenvalue weighted by Crippen LogP contribution is -2.59. The first kappa shape index (κ1) is 23.8. The minimum atomic E-state index is -1.06. The maximum atomic E-state index is 13.0. The van der Waals surface area contributed by atoms with Gasteiger partial charge in [0.15, 0.2) is 0 Å². The molecule has 0 aliphatic heterocycles. The van der Waals surface area contributed by atoms with Crippen LogP contribution in [0.3, 0.4) is 0 Å². The highest BCUT2D eigenvalue weighted by molar-refractivity contribution is 5.90. The van der Waals surface area contributed by atoms with E-state index in [9.17, 15) is 14.4 Å². The van der Waals surface area contributed by atoms with Gasteiger partial charge in [-0.2, -0.15) is 0 Å². The molecule has 7 heteroatoms. The summed E-state index contributed by atoms with van der Waals surface area (Å²) in [6.45, 7) is 4.19. The Labute approximate surface area is 199 Å². The van der Waals surface area contributed by atoms with Crippen LogP contribution < -0.4 is 10.6 Å². The zero-order chi connectivity index (χ0) is 24.3. The number of benzene rings is 2. The van der Waals surface area contributed by atoms with Crippen molar-refractivity contribution in [2.75, 3.05) is 13.2 Å². The lowest BCUT2D eigenvalue weighted by molar-refractivity contribution is -0.137. The molecular weight excluding hydrogens is 432 g/mol. The highest BCUT2D eigenvalue weighted by Crippen LogP contribution is 2.44. The Bertz CT molecular complexity index is 1030. The Kier molecular flexibility index (Phi) is 6.91. The van der Waals surface area contributed by atoms with Crippen molar-refractivity contribution >= 4 is 18.0 Å². The first-order chi connectivity index (χ1) is 16.3. The summed E-state index contributed by atoms with van der Waals surface area (Å²) in [5, 5.41) is 14.6. The summed E-state index contributed by atoms with van der Waals surface area (Å²) in [7, 11) is 0. The van der Waals surface area contributed by atoms with E-state index in [0.717, 1.165) is 35.1 Å². The van der Waals surface area contributed by atoms with Crippen molar-refractivity contribution in [1.82, 2.24) is 10.6 Å². The summed E-state index contributed by atoms with van der Waals surface area (Å²) in [4.78, 5) is 36.6. The second-order valence-electron chi connectivity index (χ2n) is 9.67. The second-order valence-corrected chi connectivity index (χ2v) is 9.67. The summed E-state index contributed by atoms with van der Waals surface area (Å²) < 4.78 is 5.66. The molecular formula is C27H32N2O5. The van der Waals surface area contributed by atoms with Crippen molar-refractivity contribution < 1.29 is 24.2 Å². The van der Waals surface area contributed by atoms with E-state index in [1.54, 1.807) is 6.92 Å². The standard InChI is InChI=1S/C27H32N2O5/c1-17(11-14-24(30)31)15-28-25(32)27(2,18-12-13-18)29-26(33)34-16-23-21-9-5-3-7-19(21)20-8-4-6-10-22(20)23/h3-10,17-18,23H,11-16H2,1-2H3,(H,28,32)(H,29,33)(H,30,31). The summed E-state index contributed by atoms with van der Waals surface area (Å²) in [6, 6.07) is 16.3. The van der Waals surface area contributed by atoms with Gasteiger partial charge in [0.05, 0.1) is 0 Å². The summed E-state index contributed by atoms with van der Waals surface area (Å²) in [5.74, 6) is -1.07. The maximum Gasteiger partial charge on any atom is 0.408 e. The van der Waals surface area contributed by atoms with E-state index >= 15 is 0 Å². The molecule has 2 aromatic rings. The van der Waals surface area contributed by atoms with Crippen LogP contribution in [0.15, 0.2) is 48.5 Å². The predicted octanol–water partition coefficient (Wildman–Crippen LogP) is 4.31. The van der Waals surface area contributed by atoms with E-state index in [1.165, 1.54) is 0 Å². The fourth-order valence-corrected chi connectivity index (χ4v) is 4.77. The molecule has 1 saturated carbocycles. The highest BCUT2D eigenvalue weighted by Gasteiger charge is 2.48. The van der Waals surface area contributed by atoms with Gasteiger partial charge < -0.3 is 20.5 Å². The van der Waals surface area contributed by atoms with Crippen LogP contribution >= 0.6 is 0 Å². The molecule has 2 aromatic carbocycles. The number of alkyl carbamates (subject to hydrolysis) is 1. The predicted molar refractivity (Wildman–Crippen MR) is 128 cm³/mol. The van der Waals surface area contributed by atoms with Crippen molar-refractivity contribution in [3.63, 3.8) is 0 Å². The maximum absolute atomic E-state index is 13.0. The Balaban J connectivity index is 1.36. The second kappa shape index (κ2) is 9.87. The van der Waals surface area contributed by atoms with Gasteiger partial charge in [-0.25, -0.2) is 4.79 Å². The number of hydrogen-bond acceptors (Lipinski definition) is 4. The van der Waals surface area contributed by atoms with Gasteiger partial charge in [-0.3, -0.25) is 9.59 Å². The quantitative estimate of drug-likeness (QED) is 0.486. The molecule has 0 radical (unpaired) electrons. The molecule has 3 N–H and O–H groups in total. The van der Waals surface area contributed by atoms with Gasteiger partial charge in [-0.1, -0.05) is 55.5 Å². The van der Waals surface area contributed by atoms with Crippen molar-refractivity contribution in [3.05, 3.63) is 59.7 Å². The molecule has 7 nitrogen and oxygen atoms in total. The molecule has 2 aliphatic rings. The third-order valence-electron chi connectivity index (χ3n) is 7.03. The van der Waals surface area contributed by atoms with Crippen molar-refractivity contribution in [2.24, 2.45) is 11.8 Å². The number of ether oxygens (including phenoxy) is 1. The van der Waals surface area contributed by atoms with Crippen molar-refractivity contribution in [3.8, 4) is 11.1 Å². The number of carbonyl (C=O) groups is 3. The number of nitrogens with one attached hydrogen (secondary N) is 2. The van der Waals surface area contributed by atoms with Gasteiger partial charge in [-0.15, -0.1) is 0 Å². The Morgan fingerprint density at radius 1 is 1.06 bits per heavy atom. The number of rotatable bonds is 10. The summed E-state index contributed by atoms with van der Waals surface area (Å²) in [5.41, 5.74) is 3.52. The Morgan fingerprint density at radius 3 is 2.21 bits per heavy atom. The molecule has 1 fully saturated rings. The highest BCUT2D eigenvalue weighted by atomic mass is 16.5. The van der Waals surface area contributed by atoms with Crippen LogP contribution in [0.25, 0.3) is 11.1 Å². The topological polar surface area (TPSA) is 105 Å². The van der Waals surface area contributed by atoms with Crippen molar-refractivity contribution in [1.29, 1.82) is 0 Å². The van der Waals surface area contributed by atoms with Crippen LogP contribution in [-0.4, -0.2) is 41.8 Å². The van der Waals surface area contributed by atoms with Crippen molar-refractivity contribution in [2.45, 2.75) is 51.0 Å². The van der Waals surface area contributed by atoms with Gasteiger partial charge >= 0.3 is 12.1 Å². The zero-order valence-electron chi connectivity index (χ0n) is 19.7. The molecule has 34 heavy (non-hydrogen) atoms. The summed E-state index contributed by atoms with van der Waals surface area (Å²) >= 11 is 0. The third kappa shape index (κ3) is 5.08.